The molecule has 0 saturated carbocycles. The lowest BCUT2D eigenvalue weighted by molar-refractivity contribution is 0.0827. The Kier molecular flexibility index (Phi) is 6.04. The molecule has 2 N–H and O–H groups in total. The van der Waals surface area contributed by atoms with Gasteiger partial charge in [0.05, 0.1) is 11.0 Å². The lowest BCUT2D eigenvalue weighted by Crippen LogP contribution is -2.21. The third-order valence-electron chi connectivity index (χ3n) is 4.73. The van der Waals surface area contributed by atoms with Gasteiger partial charge in [-0.25, -0.2) is 4.98 Å². The fraction of sp³-hybridized carbons (Fsp3) is 0.125. The van der Waals surface area contributed by atoms with Crippen molar-refractivity contribution >= 4 is 40.3 Å². The summed E-state index contributed by atoms with van der Waals surface area (Å²) in [5.74, 6) is 0.421. The molecule has 3 aromatic carbocycles. The first kappa shape index (κ1) is 20.7. The molecule has 4 rings (SSSR count). The summed E-state index contributed by atoms with van der Waals surface area (Å²) in [4.78, 5) is 34.1. The van der Waals surface area contributed by atoms with Crippen LogP contribution in [0, 0.1) is 0 Å². The van der Waals surface area contributed by atoms with Crippen molar-refractivity contribution in [3.63, 3.8) is 0 Å². The van der Waals surface area contributed by atoms with Crippen molar-refractivity contribution in [2.45, 2.75) is 10.9 Å². The molecule has 7 heteroatoms. The zero-order chi connectivity index (χ0) is 21.8. The average molecular weight is 431 g/mol. The van der Waals surface area contributed by atoms with Gasteiger partial charge in [0.25, 0.3) is 11.8 Å². The number of nitrogens with zero attached hydrogens (tertiary/aromatic N) is 2. The van der Waals surface area contributed by atoms with Crippen LogP contribution >= 0.6 is 11.8 Å². The SMILES string of the molecule is CN(C)C(=O)c1cccc(NC(=O)c2ccc(CSc3nc4ccccc4[nH]3)cc2)c1. The Morgan fingerprint density at radius 3 is 2.48 bits per heavy atom. The van der Waals surface area contributed by atoms with E-state index >= 15 is 0 Å². The Morgan fingerprint density at radius 1 is 0.968 bits per heavy atom. The largest absolute Gasteiger partial charge is 0.345 e. The molecule has 4 aromatic rings. The Balaban J connectivity index is 1.38. The minimum absolute atomic E-state index is 0.109. The van der Waals surface area contributed by atoms with Gasteiger partial charge >= 0.3 is 0 Å². The average Bonchev–Trinajstić information content (AvgIpc) is 3.20. The molecule has 2 amide bonds. The third kappa shape index (κ3) is 4.95. The number of carbonyl (C=O) groups excluding carboxylic acids is 2. The fourth-order valence-corrected chi connectivity index (χ4v) is 3.93. The second kappa shape index (κ2) is 9.06. The van der Waals surface area contributed by atoms with E-state index in [-0.39, 0.29) is 11.8 Å². The smallest absolute Gasteiger partial charge is 0.255 e. The van der Waals surface area contributed by atoms with Gasteiger partial charge < -0.3 is 15.2 Å². The van der Waals surface area contributed by atoms with Crippen molar-refractivity contribution in [2.75, 3.05) is 19.4 Å². The molecule has 0 fully saturated rings. The highest BCUT2D eigenvalue weighted by Crippen LogP contribution is 2.23. The molecule has 1 heterocycles. The number of H-pyrrole nitrogens is 1. The fourth-order valence-electron chi connectivity index (χ4n) is 3.09. The van der Waals surface area contributed by atoms with Crippen LogP contribution in [0.3, 0.4) is 0 Å². The van der Waals surface area contributed by atoms with Crippen molar-refractivity contribution in [3.8, 4) is 0 Å². The molecule has 0 aliphatic rings. The van der Waals surface area contributed by atoms with Gasteiger partial charge in [0.15, 0.2) is 5.16 Å². The zero-order valence-corrected chi connectivity index (χ0v) is 18.1. The molecule has 156 valence electrons. The quantitative estimate of drug-likeness (QED) is 0.430. The number of para-hydroxylation sites is 2. The molecule has 0 aliphatic carbocycles. The van der Waals surface area contributed by atoms with E-state index in [2.05, 4.69) is 15.3 Å². The van der Waals surface area contributed by atoms with E-state index in [1.807, 2.05) is 36.4 Å². The molecule has 31 heavy (non-hydrogen) atoms. The molecular formula is C24H22N4O2S. The maximum atomic E-state index is 12.6. The second-order valence-electron chi connectivity index (χ2n) is 7.28. The Hall–Kier alpha value is -3.58. The van der Waals surface area contributed by atoms with Gasteiger partial charge in [0.1, 0.15) is 0 Å². The predicted octanol–water partition coefficient (Wildman–Crippen LogP) is 4.81. The number of imidazole rings is 1. The van der Waals surface area contributed by atoms with Crippen LogP contribution in [0.2, 0.25) is 0 Å². The van der Waals surface area contributed by atoms with Crippen LogP contribution in [0.5, 0.6) is 0 Å². The molecule has 0 unspecified atom stereocenters. The van der Waals surface area contributed by atoms with Crippen LogP contribution in [0.25, 0.3) is 11.0 Å². The standard InChI is InChI=1S/C24H22N4O2S/c1-28(2)23(30)18-6-5-7-19(14-18)25-22(29)17-12-10-16(11-13-17)15-31-24-26-20-8-3-4-9-21(20)27-24/h3-14H,15H2,1-2H3,(H,25,29)(H,26,27). The summed E-state index contributed by atoms with van der Waals surface area (Å²) in [6.07, 6.45) is 0. The van der Waals surface area contributed by atoms with E-state index < -0.39 is 0 Å². The summed E-state index contributed by atoms with van der Waals surface area (Å²) >= 11 is 1.62. The maximum absolute atomic E-state index is 12.6. The number of benzene rings is 3. The number of aromatic nitrogens is 2. The maximum Gasteiger partial charge on any atom is 0.255 e. The molecule has 6 nitrogen and oxygen atoms in total. The van der Waals surface area contributed by atoms with Crippen LogP contribution in [-0.2, 0) is 5.75 Å². The highest BCUT2D eigenvalue weighted by molar-refractivity contribution is 7.98. The van der Waals surface area contributed by atoms with Crippen molar-refractivity contribution in [2.24, 2.45) is 0 Å². The Labute approximate surface area is 184 Å². The van der Waals surface area contributed by atoms with Crippen molar-refractivity contribution in [1.29, 1.82) is 0 Å². The van der Waals surface area contributed by atoms with E-state index in [1.54, 1.807) is 62.3 Å². The van der Waals surface area contributed by atoms with Crippen LogP contribution in [0.1, 0.15) is 26.3 Å². The van der Waals surface area contributed by atoms with Gasteiger partial charge in [0, 0.05) is 36.7 Å². The summed E-state index contributed by atoms with van der Waals surface area (Å²) in [5.41, 5.74) is 4.74. The molecule has 0 atom stereocenters. The summed E-state index contributed by atoms with van der Waals surface area (Å²) in [7, 11) is 3.39. The van der Waals surface area contributed by atoms with Gasteiger partial charge in [-0.2, -0.15) is 0 Å². The number of rotatable bonds is 6. The first-order chi connectivity index (χ1) is 15.0. The third-order valence-corrected chi connectivity index (χ3v) is 5.68. The van der Waals surface area contributed by atoms with E-state index in [0.717, 1.165) is 27.5 Å². The van der Waals surface area contributed by atoms with E-state index in [1.165, 1.54) is 4.90 Å². The predicted molar refractivity (Wildman–Crippen MR) is 125 cm³/mol. The number of hydrogen-bond donors (Lipinski definition) is 2. The number of aromatic amines is 1. The van der Waals surface area contributed by atoms with Crippen molar-refractivity contribution in [3.05, 3.63) is 89.5 Å². The number of hydrogen-bond acceptors (Lipinski definition) is 4. The molecular weight excluding hydrogens is 408 g/mol. The number of nitrogens with one attached hydrogen (secondary N) is 2. The first-order valence-electron chi connectivity index (χ1n) is 9.79. The minimum Gasteiger partial charge on any atom is -0.345 e. The molecule has 0 radical (unpaired) electrons. The normalized spacial score (nSPS) is 10.8. The molecule has 0 bridgehead atoms. The zero-order valence-electron chi connectivity index (χ0n) is 17.3. The first-order valence-corrected chi connectivity index (χ1v) is 10.8. The highest BCUT2D eigenvalue weighted by atomic mass is 32.2. The Bertz CT molecular complexity index is 1200. The summed E-state index contributed by atoms with van der Waals surface area (Å²) in [6.45, 7) is 0. The Morgan fingerprint density at radius 2 is 1.74 bits per heavy atom. The molecule has 0 aliphatic heterocycles. The minimum atomic E-state index is -0.217. The van der Waals surface area contributed by atoms with Gasteiger partial charge in [-0.05, 0) is 48.0 Å². The number of anilines is 1. The number of fused-ring (bicyclic) bond motifs is 1. The summed E-state index contributed by atoms with van der Waals surface area (Å²) in [5, 5.41) is 3.73. The van der Waals surface area contributed by atoms with Gasteiger partial charge in [-0.3, -0.25) is 9.59 Å². The lowest BCUT2D eigenvalue weighted by atomic mass is 10.1. The molecule has 0 saturated heterocycles. The topological polar surface area (TPSA) is 78.1 Å². The number of amides is 2. The molecule has 0 spiro atoms. The second-order valence-corrected chi connectivity index (χ2v) is 8.24. The van der Waals surface area contributed by atoms with Gasteiger partial charge in [-0.1, -0.05) is 42.1 Å². The van der Waals surface area contributed by atoms with E-state index in [9.17, 15) is 9.59 Å². The van der Waals surface area contributed by atoms with Crippen LogP contribution < -0.4 is 5.32 Å². The summed E-state index contributed by atoms with van der Waals surface area (Å²) in [6, 6.07) is 22.4. The van der Waals surface area contributed by atoms with Gasteiger partial charge in [-0.15, -0.1) is 0 Å². The van der Waals surface area contributed by atoms with Crippen molar-refractivity contribution < 1.29 is 9.59 Å². The van der Waals surface area contributed by atoms with Crippen LogP contribution in [-0.4, -0.2) is 40.8 Å². The number of carbonyl (C=O) groups is 2. The summed E-state index contributed by atoms with van der Waals surface area (Å²) < 4.78 is 0. The highest BCUT2D eigenvalue weighted by Gasteiger charge is 2.11. The number of thioether (sulfide) groups is 1. The monoisotopic (exact) mass is 430 g/mol. The van der Waals surface area contributed by atoms with Crippen LogP contribution in [0.15, 0.2) is 78.0 Å². The van der Waals surface area contributed by atoms with Crippen molar-refractivity contribution in [1.82, 2.24) is 14.9 Å². The van der Waals surface area contributed by atoms with E-state index in [4.69, 9.17) is 0 Å². The lowest BCUT2D eigenvalue weighted by Gasteiger charge is -2.12. The van der Waals surface area contributed by atoms with Gasteiger partial charge in [0.2, 0.25) is 0 Å². The molecule has 1 aromatic heterocycles. The van der Waals surface area contributed by atoms with Crippen LogP contribution in [0.4, 0.5) is 5.69 Å². The van der Waals surface area contributed by atoms with E-state index in [0.29, 0.717) is 16.8 Å².